The molecular formula is C19H22N4O2S. The Morgan fingerprint density at radius 3 is 2.73 bits per heavy atom. The van der Waals surface area contributed by atoms with E-state index in [-0.39, 0.29) is 6.09 Å². The number of ether oxygens (including phenoxy) is 1. The number of carbonyl (C=O) groups excluding carboxylic acids is 1. The van der Waals surface area contributed by atoms with Gasteiger partial charge in [0.05, 0.1) is 10.6 Å². The first kappa shape index (κ1) is 17.3. The molecule has 0 unspecified atom stereocenters. The second kappa shape index (κ2) is 7.65. The minimum atomic E-state index is -0.369. The van der Waals surface area contributed by atoms with Crippen LogP contribution in [0.2, 0.25) is 0 Å². The van der Waals surface area contributed by atoms with Crippen molar-refractivity contribution in [3.05, 3.63) is 42.6 Å². The van der Waals surface area contributed by atoms with Crippen molar-refractivity contribution >= 4 is 29.4 Å². The molecule has 0 spiro atoms. The molecule has 0 radical (unpaired) electrons. The highest BCUT2D eigenvalue weighted by atomic mass is 32.2. The molecule has 0 bridgehead atoms. The molecule has 0 saturated carbocycles. The molecule has 2 aromatic rings. The van der Waals surface area contributed by atoms with Gasteiger partial charge in [0.15, 0.2) is 5.82 Å². The minimum absolute atomic E-state index is 0.369. The number of rotatable bonds is 3. The van der Waals surface area contributed by atoms with Crippen LogP contribution in [-0.4, -0.2) is 67.3 Å². The van der Waals surface area contributed by atoms with E-state index >= 15 is 0 Å². The van der Waals surface area contributed by atoms with Crippen molar-refractivity contribution in [1.29, 1.82) is 0 Å². The maximum Gasteiger partial charge on any atom is 0.420 e. The monoisotopic (exact) mass is 370 g/mol. The van der Waals surface area contributed by atoms with E-state index in [9.17, 15) is 4.79 Å². The van der Waals surface area contributed by atoms with Gasteiger partial charge < -0.3 is 9.64 Å². The van der Waals surface area contributed by atoms with Crippen LogP contribution in [0.5, 0.6) is 0 Å². The maximum absolute atomic E-state index is 12.8. The Labute approximate surface area is 157 Å². The SMILES string of the molecule is CN1CCN(CCOC(=O)N2c3ccccc3Sc3cccnc32)CC1. The average molecular weight is 370 g/mol. The van der Waals surface area contributed by atoms with Crippen LogP contribution in [-0.2, 0) is 4.74 Å². The highest BCUT2D eigenvalue weighted by molar-refractivity contribution is 7.99. The molecule has 0 aliphatic carbocycles. The Balaban J connectivity index is 1.46. The van der Waals surface area contributed by atoms with E-state index in [1.165, 1.54) is 0 Å². The number of carbonyl (C=O) groups is 1. The smallest absolute Gasteiger partial charge is 0.420 e. The van der Waals surface area contributed by atoms with Crippen molar-refractivity contribution < 1.29 is 9.53 Å². The summed E-state index contributed by atoms with van der Waals surface area (Å²) < 4.78 is 5.61. The van der Waals surface area contributed by atoms with Gasteiger partial charge in [0, 0.05) is 43.8 Å². The number of piperazine rings is 1. The normalized spacial score (nSPS) is 17.5. The summed E-state index contributed by atoms with van der Waals surface area (Å²) in [6.45, 7) is 5.29. The number of pyridine rings is 1. The fraction of sp³-hybridized carbons (Fsp3) is 0.368. The lowest BCUT2D eigenvalue weighted by Gasteiger charge is -2.32. The molecule has 136 valence electrons. The van der Waals surface area contributed by atoms with Crippen molar-refractivity contribution in [3.63, 3.8) is 0 Å². The molecule has 1 amide bonds. The number of amides is 1. The van der Waals surface area contributed by atoms with Crippen molar-refractivity contribution in [1.82, 2.24) is 14.8 Å². The van der Waals surface area contributed by atoms with Gasteiger partial charge in [-0.05, 0) is 31.3 Å². The Hall–Kier alpha value is -2.09. The Bertz CT molecular complexity index is 747. The average Bonchev–Trinajstić information content (AvgIpc) is 2.67. The molecule has 26 heavy (non-hydrogen) atoms. The number of aromatic nitrogens is 1. The summed E-state index contributed by atoms with van der Waals surface area (Å²) in [5.41, 5.74) is 0.827. The lowest BCUT2D eigenvalue weighted by Crippen LogP contribution is -2.45. The molecular weight excluding hydrogens is 348 g/mol. The number of hydrogen-bond donors (Lipinski definition) is 0. The van der Waals surface area contributed by atoms with Crippen molar-refractivity contribution in [2.75, 3.05) is 51.3 Å². The zero-order chi connectivity index (χ0) is 17.9. The predicted molar refractivity (Wildman–Crippen MR) is 102 cm³/mol. The molecule has 1 fully saturated rings. The zero-order valence-corrected chi connectivity index (χ0v) is 15.6. The second-order valence-electron chi connectivity index (χ2n) is 6.49. The Morgan fingerprint density at radius 2 is 1.88 bits per heavy atom. The minimum Gasteiger partial charge on any atom is -0.448 e. The van der Waals surface area contributed by atoms with Gasteiger partial charge in [0.1, 0.15) is 6.61 Å². The first-order valence-electron chi connectivity index (χ1n) is 8.82. The molecule has 1 saturated heterocycles. The van der Waals surface area contributed by atoms with Crippen LogP contribution in [0, 0.1) is 0 Å². The Kier molecular flexibility index (Phi) is 5.10. The molecule has 7 heteroatoms. The highest BCUT2D eigenvalue weighted by Crippen LogP contribution is 2.46. The molecule has 1 aromatic heterocycles. The standard InChI is InChI=1S/C19H22N4O2S/c1-21-9-11-22(12-10-21)13-14-25-19(24)23-15-5-2-3-6-16(15)26-17-7-4-8-20-18(17)23/h2-8H,9-14H2,1H3. The number of likely N-dealkylation sites (N-methyl/N-ethyl adjacent to an activating group) is 1. The third kappa shape index (κ3) is 3.56. The highest BCUT2D eigenvalue weighted by Gasteiger charge is 2.30. The number of para-hydroxylation sites is 1. The second-order valence-corrected chi connectivity index (χ2v) is 7.57. The summed E-state index contributed by atoms with van der Waals surface area (Å²) in [5, 5.41) is 0. The maximum atomic E-state index is 12.8. The van der Waals surface area contributed by atoms with Crippen molar-refractivity contribution in [2.24, 2.45) is 0 Å². The number of fused-ring (bicyclic) bond motifs is 2. The summed E-state index contributed by atoms with van der Waals surface area (Å²) in [7, 11) is 2.13. The molecule has 0 N–H and O–H groups in total. The van der Waals surface area contributed by atoms with E-state index in [4.69, 9.17) is 4.74 Å². The van der Waals surface area contributed by atoms with Crippen LogP contribution in [0.1, 0.15) is 0 Å². The van der Waals surface area contributed by atoms with Crippen LogP contribution in [0.4, 0.5) is 16.3 Å². The topological polar surface area (TPSA) is 48.9 Å². The molecule has 1 aromatic carbocycles. The summed E-state index contributed by atoms with van der Waals surface area (Å²) in [6.07, 6.45) is 1.34. The van der Waals surface area contributed by atoms with Gasteiger partial charge in [0.25, 0.3) is 0 Å². The molecule has 2 aliphatic heterocycles. The van der Waals surface area contributed by atoms with Crippen LogP contribution in [0.15, 0.2) is 52.4 Å². The lowest BCUT2D eigenvalue weighted by molar-refractivity contribution is 0.108. The van der Waals surface area contributed by atoms with Gasteiger partial charge in [-0.1, -0.05) is 23.9 Å². The van der Waals surface area contributed by atoms with E-state index in [0.29, 0.717) is 12.4 Å². The van der Waals surface area contributed by atoms with Crippen molar-refractivity contribution in [2.45, 2.75) is 9.79 Å². The third-order valence-electron chi connectivity index (χ3n) is 4.70. The molecule has 0 atom stereocenters. The quantitative estimate of drug-likeness (QED) is 0.828. The molecule has 4 rings (SSSR count). The first-order valence-corrected chi connectivity index (χ1v) is 9.64. The van der Waals surface area contributed by atoms with Gasteiger partial charge in [-0.3, -0.25) is 4.90 Å². The fourth-order valence-corrected chi connectivity index (χ4v) is 4.20. The number of benzene rings is 1. The summed E-state index contributed by atoms with van der Waals surface area (Å²) >= 11 is 1.63. The van der Waals surface area contributed by atoms with Crippen LogP contribution < -0.4 is 4.90 Å². The van der Waals surface area contributed by atoms with E-state index in [1.54, 1.807) is 22.9 Å². The van der Waals surface area contributed by atoms with E-state index in [0.717, 1.165) is 48.2 Å². The summed E-state index contributed by atoms with van der Waals surface area (Å²) in [6, 6.07) is 11.7. The number of hydrogen-bond acceptors (Lipinski definition) is 6. The zero-order valence-electron chi connectivity index (χ0n) is 14.8. The first-order chi connectivity index (χ1) is 12.7. The van der Waals surface area contributed by atoms with Gasteiger partial charge in [-0.2, -0.15) is 0 Å². The molecule has 2 aliphatic rings. The number of nitrogens with zero attached hydrogens (tertiary/aromatic N) is 4. The Morgan fingerprint density at radius 1 is 1.12 bits per heavy atom. The molecule has 6 nitrogen and oxygen atoms in total. The van der Waals surface area contributed by atoms with E-state index in [1.807, 2.05) is 36.4 Å². The fourth-order valence-electron chi connectivity index (χ4n) is 3.17. The number of anilines is 2. The van der Waals surface area contributed by atoms with E-state index in [2.05, 4.69) is 21.8 Å². The van der Waals surface area contributed by atoms with E-state index < -0.39 is 0 Å². The van der Waals surface area contributed by atoms with Gasteiger partial charge in [0.2, 0.25) is 0 Å². The van der Waals surface area contributed by atoms with Crippen LogP contribution >= 0.6 is 11.8 Å². The van der Waals surface area contributed by atoms with Gasteiger partial charge in [-0.25, -0.2) is 14.7 Å². The lowest BCUT2D eigenvalue weighted by atomic mass is 10.2. The largest absolute Gasteiger partial charge is 0.448 e. The van der Waals surface area contributed by atoms with Crippen molar-refractivity contribution in [3.8, 4) is 0 Å². The van der Waals surface area contributed by atoms with Crippen LogP contribution in [0.25, 0.3) is 0 Å². The summed E-state index contributed by atoms with van der Waals surface area (Å²) in [5.74, 6) is 0.640. The third-order valence-corrected chi connectivity index (χ3v) is 5.80. The van der Waals surface area contributed by atoms with Crippen LogP contribution in [0.3, 0.4) is 0 Å². The molecule has 3 heterocycles. The van der Waals surface area contributed by atoms with Gasteiger partial charge in [-0.15, -0.1) is 0 Å². The summed E-state index contributed by atoms with van der Waals surface area (Å²) in [4.78, 5) is 25.5. The van der Waals surface area contributed by atoms with Gasteiger partial charge >= 0.3 is 6.09 Å². The predicted octanol–water partition coefficient (Wildman–Crippen LogP) is 3.07.